The van der Waals surface area contributed by atoms with Crippen LogP contribution < -0.4 is 20.3 Å². The number of hydrogen-bond donors (Lipinski definition) is 2. The molecule has 2 aliphatic heterocycles. The highest BCUT2D eigenvalue weighted by Crippen LogP contribution is 2.33. The van der Waals surface area contributed by atoms with Crippen molar-refractivity contribution in [1.82, 2.24) is 15.8 Å². The Bertz CT molecular complexity index is 850. The molecular formula is C24H31N3O3. The number of hydrogen-bond acceptors (Lipinski definition) is 5. The number of methoxy groups -OCH3 is 2. The van der Waals surface area contributed by atoms with E-state index in [-0.39, 0.29) is 18.0 Å². The largest absolute Gasteiger partial charge is 0.497 e. The summed E-state index contributed by atoms with van der Waals surface area (Å²) in [4.78, 5) is 15.1. The molecule has 2 unspecified atom stereocenters. The Morgan fingerprint density at radius 2 is 1.80 bits per heavy atom. The van der Waals surface area contributed by atoms with Crippen LogP contribution in [0.1, 0.15) is 36.4 Å². The lowest BCUT2D eigenvalue weighted by Crippen LogP contribution is -2.48. The Balaban J connectivity index is 1.31. The van der Waals surface area contributed by atoms with Gasteiger partial charge in [0.15, 0.2) is 0 Å². The summed E-state index contributed by atoms with van der Waals surface area (Å²) in [6.07, 6.45) is 3.93. The van der Waals surface area contributed by atoms with E-state index in [1.54, 1.807) is 14.2 Å². The Morgan fingerprint density at radius 1 is 1.03 bits per heavy atom. The average molecular weight is 410 g/mol. The minimum atomic E-state index is -0.215. The van der Waals surface area contributed by atoms with E-state index in [9.17, 15) is 4.79 Å². The number of nitrogens with zero attached hydrogens (tertiary/aromatic N) is 1. The van der Waals surface area contributed by atoms with Crippen molar-refractivity contribution in [3.63, 3.8) is 0 Å². The van der Waals surface area contributed by atoms with E-state index in [1.165, 1.54) is 5.56 Å². The van der Waals surface area contributed by atoms with Crippen molar-refractivity contribution in [2.45, 2.75) is 37.8 Å². The molecule has 2 aromatic carbocycles. The van der Waals surface area contributed by atoms with Crippen LogP contribution in [0.25, 0.3) is 0 Å². The van der Waals surface area contributed by atoms with E-state index in [4.69, 9.17) is 9.47 Å². The molecule has 2 fully saturated rings. The molecule has 4 rings (SSSR count). The number of likely N-dealkylation sites (tertiary alicyclic amines) is 1. The first-order chi connectivity index (χ1) is 14.7. The van der Waals surface area contributed by atoms with Crippen LogP contribution in [0.4, 0.5) is 0 Å². The molecule has 2 aromatic rings. The maximum Gasteiger partial charge on any atom is 0.241 e. The van der Waals surface area contributed by atoms with Gasteiger partial charge in [-0.25, -0.2) is 10.9 Å². The number of amides is 1. The van der Waals surface area contributed by atoms with Gasteiger partial charge in [0.05, 0.1) is 20.3 Å². The summed E-state index contributed by atoms with van der Waals surface area (Å²) in [7, 11) is 3.30. The monoisotopic (exact) mass is 409 g/mol. The number of ether oxygens (including phenoxy) is 2. The van der Waals surface area contributed by atoms with Gasteiger partial charge in [0.25, 0.3) is 0 Å². The summed E-state index contributed by atoms with van der Waals surface area (Å²) in [6, 6.07) is 16.3. The van der Waals surface area contributed by atoms with E-state index >= 15 is 0 Å². The molecule has 160 valence electrons. The molecule has 2 N–H and O–H groups in total. The zero-order valence-electron chi connectivity index (χ0n) is 17.8. The van der Waals surface area contributed by atoms with Crippen LogP contribution in [-0.2, 0) is 11.2 Å². The van der Waals surface area contributed by atoms with Gasteiger partial charge in [-0.3, -0.25) is 4.79 Å². The molecule has 2 heterocycles. The second-order valence-corrected chi connectivity index (χ2v) is 8.20. The highest BCUT2D eigenvalue weighted by atomic mass is 16.5. The molecule has 2 aliphatic rings. The summed E-state index contributed by atoms with van der Waals surface area (Å²) < 4.78 is 10.8. The summed E-state index contributed by atoms with van der Waals surface area (Å²) in [5, 5.41) is 0. The van der Waals surface area contributed by atoms with E-state index in [0.717, 1.165) is 49.4 Å². The number of carbonyl (C=O) groups excluding carboxylic acids is 1. The molecule has 0 aromatic heterocycles. The molecular weight excluding hydrogens is 378 g/mol. The predicted molar refractivity (Wildman–Crippen MR) is 116 cm³/mol. The molecule has 0 saturated carbocycles. The minimum Gasteiger partial charge on any atom is -0.497 e. The molecule has 0 aliphatic carbocycles. The molecule has 1 amide bonds. The van der Waals surface area contributed by atoms with Crippen LogP contribution in [0, 0.1) is 5.92 Å². The number of nitrogens with one attached hydrogen (secondary N) is 2. The van der Waals surface area contributed by atoms with Crippen LogP contribution >= 0.6 is 0 Å². The number of carbonyl (C=O) groups is 1. The molecule has 2 saturated heterocycles. The van der Waals surface area contributed by atoms with Crippen molar-refractivity contribution in [2.75, 3.05) is 27.3 Å². The first kappa shape index (κ1) is 20.7. The van der Waals surface area contributed by atoms with Gasteiger partial charge in [-0.15, -0.1) is 0 Å². The average Bonchev–Trinajstić information content (AvgIpc) is 3.29. The van der Waals surface area contributed by atoms with Gasteiger partial charge < -0.3 is 14.4 Å². The van der Waals surface area contributed by atoms with Crippen LogP contribution in [-0.4, -0.2) is 44.2 Å². The Morgan fingerprint density at radius 3 is 2.50 bits per heavy atom. The van der Waals surface area contributed by atoms with Gasteiger partial charge in [0, 0.05) is 24.7 Å². The van der Waals surface area contributed by atoms with Crippen molar-refractivity contribution < 1.29 is 14.3 Å². The maximum atomic E-state index is 13.1. The summed E-state index contributed by atoms with van der Waals surface area (Å²) in [5.74, 6) is 2.37. The van der Waals surface area contributed by atoms with Gasteiger partial charge in [-0.2, -0.15) is 0 Å². The Kier molecular flexibility index (Phi) is 6.55. The molecule has 0 spiro atoms. The normalized spacial score (nSPS) is 22.1. The first-order valence-electron chi connectivity index (χ1n) is 10.7. The lowest BCUT2D eigenvalue weighted by Gasteiger charge is -2.33. The molecule has 2 atom stereocenters. The van der Waals surface area contributed by atoms with Crippen molar-refractivity contribution in [2.24, 2.45) is 5.92 Å². The van der Waals surface area contributed by atoms with E-state index in [1.807, 2.05) is 23.1 Å². The first-order valence-corrected chi connectivity index (χ1v) is 10.7. The quantitative estimate of drug-likeness (QED) is 0.768. The zero-order chi connectivity index (χ0) is 20.9. The minimum absolute atomic E-state index is 0.0235. The summed E-state index contributed by atoms with van der Waals surface area (Å²) in [6.45, 7) is 1.68. The highest BCUT2D eigenvalue weighted by molar-refractivity contribution is 5.82. The molecule has 0 radical (unpaired) electrons. The number of rotatable bonds is 6. The number of hydrazine groups is 1. The van der Waals surface area contributed by atoms with Crippen molar-refractivity contribution in [1.29, 1.82) is 0 Å². The topological polar surface area (TPSA) is 62.8 Å². The smallest absolute Gasteiger partial charge is 0.241 e. The van der Waals surface area contributed by atoms with Crippen LogP contribution in [0.3, 0.4) is 0 Å². The van der Waals surface area contributed by atoms with Crippen LogP contribution in [0.2, 0.25) is 0 Å². The lowest BCUT2D eigenvalue weighted by atomic mass is 9.90. The number of piperidine rings is 1. The lowest BCUT2D eigenvalue weighted by molar-refractivity contribution is -0.134. The zero-order valence-corrected chi connectivity index (χ0v) is 17.8. The van der Waals surface area contributed by atoms with E-state index < -0.39 is 0 Å². The van der Waals surface area contributed by atoms with Gasteiger partial charge in [-0.05, 0) is 43.2 Å². The van der Waals surface area contributed by atoms with Gasteiger partial charge in [0.1, 0.15) is 17.5 Å². The van der Waals surface area contributed by atoms with Crippen molar-refractivity contribution >= 4 is 5.91 Å². The fourth-order valence-electron chi connectivity index (χ4n) is 4.55. The summed E-state index contributed by atoms with van der Waals surface area (Å²) in [5.41, 5.74) is 8.90. The second kappa shape index (κ2) is 9.49. The van der Waals surface area contributed by atoms with Gasteiger partial charge in [0.2, 0.25) is 5.91 Å². The summed E-state index contributed by atoms with van der Waals surface area (Å²) >= 11 is 0. The van der Waals surface area contributed by atoms with Crippen LogP contribution in [0.5, 0.6) is 11.5 Å². The molecule has 6 heteroatoms. The van der Waals surface area contributed by atoms with Crippen LogP contribution in [0.15, 0.2) is 48.5 Å². The van der Waals surface area contributed by atoms with Crippen molar-refractivity contribution in [3.8, 4) is 11.5 Å². The third kappa shape index (κ3) is 4.60. The van der Waals surface area contributed by atoms with E-state index in [0.29, 0.717) is 12.3 Å². The maximum absolute atomic E-state index is 13.1. The SMILES string of the molecule is COc1ccc(C2CC(C(=O)N3CCC(Cc4ccccc4)CC3)NN2)c(OC)c1. The van der Waals surface area contributed by atoms with E-state index in [2.05, 4.69) is 41.2 Å². The van der Waals surface area contributed by atoms with Gasteiger partial charge in [-0.1, -0.05) is 36.4 Å². The molecule has 6 nitrogen and oxygen atoms in total. The molecule has 0 bridgehead atoms. The number of benzene rings is 2. The fourth-order valence-corrected chi connectivity index (χ4v) is 4.55. The standard InChI is InChI=1S/C24H31N3O3/c1-29-19-8-9-20(23(15-19)30-2)21-16-22(26-25-21)24(28)27-12-10-18(11-13-27)14-17-6-4-3-5-7-17/h3-9,15,18,21-22,25-26H,10-14,16H2,1-2H3. The fraction of sp³-hybridized carbons (Fsp3) is 0.458. The Hall–Kier alpha value is -2.57. The molecule has 30 heavy (non-hydrogen) atoms. The van der Waals surface area contributed by atoms with Crippen molar-refractivity contribution in [3.05, 3.63) is 59.7 Å². The highest BCUT2D eigenvalue weighted by Gasteiger charge is 2.35. The second-order valence-electron chi connectivity index (χ2n) is 8.20. The van der Waals surface area contributed by atoms with Gasteiger partial charge >= 0.3 is 0 Å². The Labute approximate surface area is 178 Å². The third-order valence-corrected chi connectivity index (χ3v) is 6.31. The predicted octanol–water partition coefficient (Wildman–Crippen LogP) is 3.09. The third-order valence-electron chi connectivity index (χ3n) is 6.31.